The van der Waals surface area contributed by atoms with Gasteiger partial charge >= 0.3 is 26.2 Å². The van der Waals surface area contributed by atoms with Gasteiger partial charge in [0, 0.05) is 0 Å². The fourth-order valence-corrected chi connectivity index (χ4v) is 6.64. The molecule has 0 saturated heterocycles. The molecule has 0 aliphatic heterocycles. The molecule has 0 aromatic heterocycles. The van der Waals surface area contributed by atoms with Crippen LogP contribution < -0.4 is 24.8 Å². The van der Waals surface area contributed by atoms with Crippen molar-refractivity contribution in [3.05, 3.63) is 80.9 Å². The third kappa shape index (κ3) is 5.58. The Morgan fingerprint density at radius 2 is 0.811 bits per heavy atom. The number of halogens is 2. The van der Waals surface area contributed by atoms with E-state index in [-0.39, 0.29) is 51.0 Å². The van der Waals surface area contributed by atoms with Crippen molar-refractivity contribution in [2.75, 3.05) is 0 Å². The quantitative estimate of drug-likeness (QED) is 0.308. The van der Waals surface area contributed by atoms with E-state index in [2.05, 4.69) is 91.8 Å². The summed E-state index contributed by atoms with van der Waals surface area (Å²) in [4.78, 5) is 0. The van der Waals surface area contributed by atoms with Crippen LogP contribution in [0, 0.1) is 0 Å². The molecule has 0 fully saturated rings. The third-order valence-electron chi connectivity index (χ3n) is 8.42. The van der Waals surface area contributed by atoms with Gasteiger partial charge in [-0.15, -0.1) is 67.1 Å². The van der Waals surface area contributed by atoms with Gasteiger partial charge in [0.1, 0.15) is 0 Å². The van der Waals surface area contributed by atoms with Crippen molar-refractivity contribution in [3.8, 4) is 0 Å². The molecule has 0 nitrogen and oxygen atoms in total. The van der Waals surface area contributed by atoms with Gasteiger partial charge in [0.25, 0.3) is 0 Å². The van der Waals surface area contributed by atoms with Crippen LogP contribution in [0.3, 0.4) is 0 Å². The Balaban J connectivity index is 0.00000160. The summed E-state index contributed by atoms with van der Waals surface area (Å²) in [7, 11) is 0. The summed E-state index contributed by atoms with van der Waals surface area (Å²) in [5.41, 5.74) is 12.6. The Labute approximate surface area is 256 Å². The van der Waals surface area contributed by atoms with Gasteiger partial charge in [0.05, 0.1) is 0 Å². The monoisotopic (exact) mass is 610 g/mol. The third-order valence-corrected chi connectivity index (χ3v) is 8.42. The molecule has 1 aliphatic rings. The molecule has 0 atom stereocenters. The second kappa shape index (κ2) is 12.5. The van der Waals surface area contributed by atoms with Crippen molar-refractivity contribution < 1.29 is 51.0 Å². The SMILES string of the molecule is CC(C)c1ccc(C(C)C)c2c1cc1[c-]2CC[c-]2c(cc3c(C(C)C)ccc(C(C)C)c32)CC1.[Cl-].[Cl-].[Zr+4]. The van der Waals surface area contributed by atoms with Gasteiger partial charge in [-0.3, -0.25) is 0 Å². The van der Waals surface area contributed by atoms with Gasteiger partial charge in [-0.05, 0) is 24.7 Å². The maximum atomic E-state index is 2.57. The zero-order valence-corrected chi connectivity index (χ0v) is 27.8. The van der Waals surface area contributed by atoms with Crippen LogP contribution in [0.15, 0.2) is 36.4 Å². The van der Waals surface area contributed by atoms with E-state index in [0.29, 0.717) is 23.7 Å². The molecule has 37 heavy (non-hydrogen) atoms. The number of benzene rings is 2. The molecule has 0 unspecified atom stereocenters. The molecule has 0 spiro atoms. The van der Waals surface area contributed by atoms with Crippen LogP contribution in [0.5, 0.6) is 0 Å². The van der Waals surface area contributed by atoms with Gasteiger partial charge < -0.3 is 24.8 Å². The number of fused-ring (bicyclic) bond motifs is 6. The van der Waals surface area contributed by atoms with E-state index in [9.17, 15) is 0 Å². The summed E-state index contributed by atoms with van der Waals surface area (Å²) < 4.78 is 0. The molecule has 196 valence electrons. The Morgan fingerprint density at radius 1 is 0.514 bits per heavy atom. The van der Waals surface area contributed by atoms with Crippen LogP contribution in [0.1, 0.15) is 124 Å². The molecule has 1 aliphatic carbocycles. The first-order valence-electron chi connectivity index (χ1n) is 13.7. The van der Waals surface area contributed by atoms with Gasteiger partial charge in [-0.25, -0.2) is 0 Å². The zero-order valence-electron chi connectivity index (χ0n) is 23.9. The van der Waals surface area contributed by atoms with Crippen molar-refractivity contribution in [2.45, 2.75) is 105 Å². The minimum Gasteiger partial charge on any atom is -1.00 e. The Kier molecular flexibility index (Phi) is 11.0. The van der Waals surface area contributed by atoms with Gasteiger partial charge in [0.2, 0.25) is 0 Å². The van der Waals surface area contributed by atoms with Crippen molar-refractivity contribution in [1.82, 2.24) is 0 Å². The maximum absolute atomic E-state index is 2.57. The topological polar surface area (TPSA) is 0 Å². The van der Waals surface area contributed by atoms with Crippen LogP contribution in [0.25, 0.3) is 21.5 Å². The Hall–Kier alpha value is -0.877. The summed E-state index contributed by atoms with van der Waals surface area (Å²) in [6.45, 7) is 18.8. The molecule has 0 saturated carbocycles. The average Bonchev–Trinajstić information content (AvgIpc) is 3.30. The van der Waals surface area contributed by atoms with Crippen LogP contribution in [0.2, 0.25) is 0 Å². The first kappa shape index (κ1) is 32.3. The summed E-state index contributed by atoms with van der Waals surface area (Å²) in [5.74, 6) is 2.22. The molecule has 4 aromatic carbocycles. The van der Waals surface area contributed by atoms with Crippen molar-refractivity contribution in [2.24, 2.45) is 0 Å². The van der Waals surface area contributed by atoms with Gasteiger partial charge in [-0.1, -0.05) is 103 Å². The van der Waals surface area contributed by atoms with E-state index in [1.54, 1.807) is 44.2 Å². The predicted molar refractivity (Wildman–Crippen MR) is 150 cm³/mol. The van der Waals surface area contributed by atoms with E-state index in [0.717, 1.165) is 25.7 Å². The second-order valence-electron chi connectivity index (χ2n) is 12.0. The number of aryl methyl sites for hydroxylation is 4. The van der Waals surface area contributed by atoms with E-state index in [1.165, 1.54) is 21.9 Å². The molecule has 0 bridgehead atoms. The molecule has 0 amide bonds. The standard InChI is InChI=1S/C34H42.2ClH.Zr/c1-19(2)25-11-13-27(21(5)6)33-29-15-16-30-24(10-9-23(29)17-31(25)33)18-32-26(20(3)4)12-14-28(22(7)8)34(30)32;;;/h11-14,17-22H,9-10,15-16H2,1-8H3;2*1H;/q-2;;;+4/p-2. The van der Waals surface area contributed by atoms with Crippen LogP contribution in [0.4, 0.5) is 0 Å². The molecule has 4 aromatic rings. The van der Waals surface area contributed by atoms with Gasteiger partial charge in [-0.2, -0.15) is 12.1 Å². The summed E-state index contributed by atoms with van der Waals surface area (Å²) in [6, 6.07) is 14.8. The minimum absolute atomic E-state index is 0. The minimum atomic E-state index is 0. The first-order chi connectivity index (χ1) is 16.2. The maximum Gasteiger partial charge on any atom is 4.00 e. The smallest absolute Gasteiger partial charge is 1.00 e. The van der Waals surface area contributed by atoms with E-state index >= 15 is 0 Å². The fourth-order valence-electron chi connectivity index (χ4n) is 6.64. The zero-order chi connectivity index (χ0) is 24.3. The van der Waals surface area contributed by atoms with Crippen LogP contribution in [-0.4, -0.2) is 0 Å². The first-order valence-corrected chi connectivity index (χ1v) is 13.7. The molecule has 0 N–H and O–H groups in total. The molecular weight excluding hydrogens is 571 g/mol. The second-order valence-corrected chi connectivity index (χ2v) is 12.0. The van der Waals surface area contributed by atoms with E-state index in [1.807, 2.05) is 0 Å². The van der Waals surface area contributed by atoms with Crippen LogP contribution >= 0.6 is 0 Å². The number of rotatable bonds is 4. The number of hydrogen-bond acceptors (Lipinski definition) is 0. The van der Waals surface area contributed by atoms with Crippen molar-refractivity contribution >= 4 is 21.5 Å². The van der Waals surface area contributed by atoms with Crippen molar-refractivity contribution in [3.63, 3.8) is 0 Å². The summed E-state index contributed by atoms with van der Waals surface area (Å²) in [6.07, 6.45) is 4.65. The van der Waals surface area contributed by atoms with Crippen LogP contribution in [-0.2, 0) is 51.9 Å². The molecule has 0 radical (unpaired) electrons. The summed E-state index contributed by atoms with van der Waals surface area (Å²) >= 11 is 0. The van der Waals surface area contributed by atoms with E-state index in [4.69, 9.17) is 0 Å². The van der Waals surface area contributed by atoms with Gasteiger partial charge in [0.15, 0.2) is 0 Å². The Bertz CT molecular complexity index is 1260. The van der Waals surface area contributed by atoms with E-state index < -0.39 is 0 Å². The average molecular weight is 613 g/mol. The van der Waals surface area contributed by atoms with Crippen molar-refractivity contribution in [1.29, 1.82) is 0 Å². The Morgan fingerprint density at radius 3 is 1.11 bits per heavy atom. The normalized spacial score (nSPS) is 13.3. The fraction of sp³-hybridized carbons (Fsp3) is 0.471. The summed E-state index contributed by atoms with van der Waals surface area (Å²) in [5, 5.41) is 6.23. The predicted octanol–water partition coefficient (Wildman–Crippen LogP) is 3.81. The molecule has 3 heteroatoms. The molecule has 5 rings (SSSR count). The number of hydrogen-bond donors (Lipinski definition) is 0. The molecular formula is C34H42Cl2Zr. The molecule has 0 heterocycles. The largest absolute Gasteiger partial charge is 4.00 e.